The van der Waals surface area contributed by atoms with Crippen LogP contribution in [-0.2, 0) is 20.8 Å². The van der Waals surface area contributed by atoms with Gasteiger partial charge in [-0.1, -0.05) is 70.0 Å². The van der Waals surface area contributed by atoms with E-state index in [0.29, 0.717) is 30.1 Å². The Bertz CT molecular complexity index is 1360. The summed E-state index contributed by atoms with van der Waals surface area (Å²) in [6.07, 6.45) is 4.24. The molecule has 3 aliphatic heterocycles. The third-order valence-corrected chi connectivity index (χ3v) is 12.1. The Kier molecular flexibility index (Phi) is 9.23. The number of thioether (sulfide) groups is 1. The molecule has 1 spiro atoms. The summed E-state index contributed by atoms with van der Waals surface area (Å²) in [7, 11) is 1.72. The molecular weight excluding hydrogens is 638 g/mol. The highest BCUT2D eigenvalue weighted by Crippen LogP contribution is 2.68. The highest BCUT2D eigenvalue weighted by Gasteiger charge is 2.76. The monoisotopic (exact) mass is 671 g/mol. The van der Waals surface area contributed by atoms with Gasteiger partial charge < -0.3 is 19.8 Å². The van der Waals surface area contributed by atoms with Crippen LogP contribution in [0.1, 0.15) is 12.0 Å². The zero-order chi connectivity index (χ0) is 30.2. The average Bonchev–Trinajstić information content (AvgIpc) is 3.58. The molecule has 42 heavy (non-hydrogen) atoms. The smallest absolute Gasteiger partial charge is 0.251 e. The van der Waals surface area contributed by atoms with Crippen molar-refractivity contribution in [2.45, 2.75) is 39.7 Å². The second-order valence-electron chi connectivity index (χ2n) is 11.2. The summed E-state index contributed by atoms with van der Waals surface area (Å²) in [6, 6.07) is 15.1. The number of alkyl halides is 1. The maximum absolute atomic E-state index is 14.8. The number of carbonyl (C=O) groups is 3. The molecule has 222 valence electrons. The van der Waals surface area contributed by atoms with E-state index in [1.54, 1.807) is 69.9 Å². The molecule has 0 radical (unpaired) electrons. The highest BCUT2D eigenvalue weighted by atomic mass is 79.9. The lowest BCUT2D eigenvalue weighted by Gasteiger charge is -2.40. The van der Waals surface area contributed by atoms with E-state index in [9.17, 15) is 19.5 Å². The van der Waals surface area contributed by atoms with Crippen molar-refractivity contribution in [3.05, 3.63) is 90.5 Å². The Morgan fingerprint density at radius 3 is 2.43 bits per heavy atom. The standard InChI is InChI=1S/C32H35BrClN3O4S/c1-4-15-35(3)29(39)25-26-30(40)37(23(19-38)17-20-9-7-6-8-10-20)28(32(26)18-24(33)27(25)42-32)31(41)36(16-5-2)22-13-11-21(34)12-14-22/h4-14,23-28,38H,1-2,15-19H2,3H3/t23-,24?,25-,26+,27-,28?,32?/m1/s1. The number of nitrogens with zero attached hydrogens (tertiary/aromatic N) is 3. The van der Waals surface area contributed by atoms with E-state index in [2.05, 4.69) is 29.1 Å². The topological polar surface area (TPSA) is 81.2 Å². The van der Waals surface area contributed by atoms with Crippen LogP contribution in [0.2, 0.25) is 5.02 Å². The van der Waals surface area contributed by atoms with Gasteiger partial charge in [-0.3, -0.25) is 14.4 Å². The van der Waals surface area contributed by atoms with Crippen molar-refractivity contribution in [1.82, 2.24) is 9.80 Å². The third-order valence-electron chi connectivity index (χ3n) is 8.66. The number of fused-ring (bicyclic) bond motifs is 1. The molecule has 10 heteroatoms. The predicted molar refractivity (Wildman–Crippen MR) is 172 cm³/mol. The number of amides is 3. The van der Waals surface area contributed by atoms with E-state index in [1.165, 1.54) is 0 Å². The van der Waals surface area contributed by atoms with E-state index in [-0.39, 0.29) is 41.0 Å². The van der Waals surface area contributed by atoms with E-state index >= 15 is 0 Å². The van der Waals surface area contributed by atoms with Crippen LogP contribution < -0.4 is 4.90 Å². The Balaban J connectivity index is 1.63. The van der Waals surface area contributed by atoms with Crippen molar-refractivity contribution in [2.24, 2.45) is 11.8 Å². The van der Waals surface area contributed by atoms with Crippen LogP contribution >= 0.6 is 39.3 Å². The van der Waals surface area contributed by atoms with Crippen molar-refractivity contribution in [2.75, 3.05) is 31.6 Å². The molecule has 2 aromatic carbocycles. The van der Waals surface area contributed by atoms with Gasteiger partial charge >= 0.3 is 0 Å². The van der Waals surface area contributed by atoms with Crippen LogP contribution in [0.25, 0.3) is 0 Å². The van der Waals surface area contributed by atoms with Crippen molar-refractivity contribution >= 4 is 62.7 Å². The number of benzene rings is 2. The first-order valence-corrected chi connectivity index (χ1v) is 16.2. The molecule has 1 N–H and O–H groups in total. The minimum Gasteiger partial charge on any atom is -0.394 e. The average molecular weight is 673 g/mol. The molecule has 5 rings (SSSR count). The van der Waals surface area contributed by atoms with Crippen molar-refractivity contribution < 1.29 is 19.5 Å². The van der Waals surface area contributed by atoms with Gasteiger partial charge in [0.05, 0.1) is 29.2 Å². The Hall–Kier alpha value is -2.59. The fourth-order valence-corrected chi connectivity index (χ4v) is 10.6. The lowest BCUT2D eigenvalue weighted by Crippen LogP contribution is -2.58. The number of likely N-dealkylation sites (N-methyl/N-ethyl adjacent to an activating group) is 1. The Morgan fingerprint density at radius 1 is 1.14 bits per heavy atom. The van der Waals surface area contributed by atoms with Crippen LogP contribution in [-0.4, -0.2) is 86.3 Å². The number of likely N-dealkylation sites (tertiary alicyclic amines) is 1. The summed E-state index contributed by atoms with van der Waals surface area (Å²) < 4.78 is -0.849. The Morgan fingerprint density at radius 2 is 1.81 bits per heavy atom. The van der Waals surface area contributed by atoms with Crippen molar-refractivity contribution in [3.8, 4) is 0 Å². The number of aliphatic hydroxyl groups is 1. The van der Waals surface area contributed by atoms with E-state index < -0.39 is 28.7 Å². The molecule has 3 saturated heterocycles. The number of rotatable bonds is 11. The number of halogens is 2. The third kappa shape index (κ3) is 5.23. The van der Waals surface area contributed by atoms with Gasteiger partial charge in [0.15, 0.2) is 0 Å². The fourth-order valence-electron chi connectivity index (χ4n) is 6.92. The second kappa shape index (κ2) is 12.6. The van der Waals surface area contributed by atoms with Gasteiger partial charge in [0.2, 0.25) is 11.8 Å². The molecule has 3 unspecified atom stereocenters. The maximum atomic E-state index is 14.8. The molecule has 2 bridgehead atoms. The number of aliphatic hydroxyl groups excluding tert-OH is 1. The maximum Gasteiger partial charge on any atom is 0.251 e. The quantitative estimate of drug-likeness (QED) is 0.280. The molecule has 3 heterocycles. The number of hydrogen-bond acceptors (Lipinski definition) is 5. The molecule has 7 nitrogen and oxygen atoms in total. The molecule has 3 fully saturated rings. The molecule has 7 atom stereocenters. The molecular formula is C32H35BrClN3O4S. The SMILES string of the molecule is C=CCN(C)C(=O)[C@H]1[C@@H]2SC3(CC2Br)C(C(=O)N(CC=C)c2ccc(Cl)cc2)N([C@@H](CO)Cc2ccccc2)C(=O)[C@H]13. The van der Waals surface area contributed by atoms with Gasteiger partial charge in [-0.15, -0.1) is 24.9 Å². The van der Waals surface area contributed by atoms with Gasteiger partial charge in [0.1, 0.15) is 6.04 Å². The van der Waals surface area contributed by atoms with E-state index in [4.69, 9.17) is 11.6 Å². The second-order valence-corrected chi connectivity index (χ2v) is 14.3. The predicted octanol–water partition coefficient (Wildman–Crippen LogP) is 4.57. The zero-order valence-electron chi connectivity index (χ0n) is 23.4. The van der Waals surface area contributed by atoms with Crippen LogP contribution in [0.3, 0.4) is 0 Å². The highest BCUT2D eigenvalue weighted by molar-refractivity contribution is 9.09. The van der Waals surface area contributed by atoms with Gasteiger partial charge in [-0.05, 0) is 42.7 Å². The number of hydrogen-bond donors (Lipinski definition) is 1. The minimum atomic E-state index is -0.899. The summed E-state index contributed by atoms with van der Waals surface area (Å²) in [5, 5.41) is 11.1. The largest absolute Gasteiger partial charge is 0.394 e. The summed E-state index contributed by atoms with van der Waals surface area (Å²) >= 11 is 11.6. The van der Waals surface area contributed by atoms with Crippen molar-refractivity contribution in [3.63, 3.8) is 0 Å². The lowest BCUT2D eigenvalue weighted by molar-refractivity contribution is -0.144. The van der Waals surface area contributed by atoms with E-state index in [0.717, 1.165) is 5.56 Å². The molecule has 0 aliphatic carbocycles. The van der Waals surface area contributed by atoms with Crippen LogP contribution in [0, 0.1) is 11.8 Å². The first-order valence-electron chi connectivity index (χ1n) is 14.0. The summed E-state index contributed by atoms with van der Waals surface area (Å²) in [4.78, 5) is 48.1. The van der Waals surface area contributed by atoms with Gasteiger partial charge in [-0.25, -0.2) is 0 Å². The minimum absolute atomic E-state index is 0.0574. The molecule has 0 aromatic heterocycles. The van der Waals surface area contributed by atoms with Gasteiger partial charge in [0, 0.05) is 40.9 Å². The van der Waals surface area contributed by atoms with E-state index in [1.807, 2.05) is 30.3 Å². The fraction of sp³-hybridized carbons (Fsp3) is 0.406. The van der Waals surface area contributed by atoms with Gasteiger partial charge in [0.25, 0.3) is 5.91 Å². The molecule has 3 aliphatic rings. The summed E-state index contributed by atoms with van der Waals surface area (Å²) in [5.41, 5.74) is 1.57. The zero-order valence-corrected chi connectivity index (χ0v) is 26.6. The van der Waals surface area contributed by atoms with Crippen LogP contribution in [0.15, 0.2) is 79.9 Å². The number of carbonyl (C=O) groups excluding carboxylic acids is 3. The molecule has 3 amide bonds. The normalized spacial score (nSPS) is 28.3. The lowest BCUT2D eigenvalue weighted by atomic mass is 9.70. The van der Waals surface area contributed by atoms with Crippen LogP contribution in [0.4, 0.5) is 5.69 Å². The molecule has 0 saturated carbocycles. The Labute approximate surface area is 264 Å². The van der Waals surface area contributed by atoms with Crippen molar-refractivity contribution in [1.29, 1.82) is 0 Å². The summed E-state index contributed by atoms with van der Waals surface area (Å²) in [5.74, 6) is -1.95. The first-order chi connectivity index (χ1) is 20.2. The summed E-state index contributed by atoms with van der Waals surface area (Å²) in [6.45, 7) is 7.90. The first kappa shape index (κ1) is 30.9. The number of anilines is 1. The van der Waals surface area contributed by atoms with Gasteiger partial charge in [-0.2, -0.15) is 0 Å². The molecule has 2 aromatic rings. The van der Waals surface area contributed by atoms with Crippen LogP contribution in [0.5, 0.6) is 0 Å².